The summed E-state index contributed by atoms with van der Waals surface area (Å²) in [6.45, 7) is 4.28. The van der Waals surface area contributed by atoms with Gasteiger partial charge in [-0.1, -0.05) is 0 Å². The Kier molecular flexibility index (Phi) is 3.59. The Morgan fingerprint density at radius 3 is 2.72 bits per heavy atom. The molecule has 1 fully saturated rings. The number of hydrogen-bond acceptors (Lipinski definition) is 4. The maximum Gasteiger partial charge on any atom is 0.175 e. The molecule has 0 amide bonds. The van der Waals surface area contributed by atoms with E-state index in [2.05, 4.69) is 5.32 Å². The zero-order valence-corrected chi connectivity index (χ0v) is 11.3. The lowest BCUT2D eigenvalue weighted by molar-refractivity contribution is 0.478. The number of anilines is 1. The van der Waals surface area contributed by atoms with Crippen LogP contribution < -0.4 is 10.2 Å². The summed E-state index contributed by atoms with van der Waals surface area (Å²) in [5.74, 6) is -0.480. The van der Waals surface area contributed by atoms with Gasteiger partial charge in [0.2, 0.25) is 0 Å². The van der Waals surface area contributed by atoms with Crippen molar-refractivity contribution in [3.63, 3.8) is 0 Å². The summed E-state index contributed by atoms with van der Waals surface area (Å²) >= 11 is 0. The zero-order valence-electron chi connectivity index (χ0n) is 10.5. The van der Waals surface area contributed by atoms with Gasteiger partial charge >= 0.3 is 0 Å². The fourth-order valence-corrected chi connectivity index (χ4v) is 2.76. The average Bonchev–Trinajstić information content (AvgIpc) is 2.27. The van der Waals surface area contributed by atoms with Gasteiger partial charge in [-0.05, 0) is 25.1 Å². The van der Waals surface area contributed by atoms with Crippen LogP contribution in [0.15, 0.2) is 23.1 Å². The highest BCUT2D eigenvalue weighted by Gasteiger charge is 2.20. The molecule has 0 saturated carbocycles. The normalized spacial score (nSPS) is 21.1. The van der Waals surface area contributed by atoms with Gasteiger partial charge in [0, 0.05) is 31.9 Å². The summed E-state index contributed by atoms with van der Waals surface area (Å²) in [7, 11) is -3.35. The van der Waals surface area contributed by atoms with Crippen LogP contribution in [0.5, 0.6) is 0 Å². The number of rotatable bonds is 2. The van der Waals surface area contributed by atoms with Crippen LogP contribution in [0.2, 0.25) is 0 Å². The molecule has 6 heteroatoms. The van der Waals surface area contributed by atoms with Crippen molar-refractivity contribution >= 4 is 15.5 Å². The van der Waals surface area contributed by atoms with Gasteiger partial charge in [-0.2, -0.15) is 0 Å². The maximum atomic E-state index is 14.0. The lowest BCUT2D eigenvalue weighted by Crippen LogP contribution is -2.49. The first kappa shape index (κ1) is 13.3. The molecule has 100 valence electrons. The highest BCUT2D eigenvalue weighted by atomic mass is 32.2. The Balaban J connectivity index is 2.30. The topological polar surface area (TPSA) is 49.4 Å². The summed E-state index contributed by atoms with van der Waals surface area (Å²) < 4.78 is 36.6. The van der Waals surface area contributed by atoms with Crippen LogP contribution in [0.1, 0.15) is 6.92 Å². The van der Waals surface area contributed by atoms with Gasteiger partial charge < -0.3 is 10.2 Å². The number of benzene rings is 1. The minimum atomic E-state index is -3.35. The fraction of sp³-hybridized carbons (Fsp3) is 0.500. The van der Waals surface area contributed by atoms with E-state index < -0.39 is 15.7 Å². The van der Waals surface area contributed by atoms with Crippen LogP contribution >= 0.6 is 0 Å². The molecule has 0 aliphatic carbocycles. The van der Waals surface area contributed by atoms with Crippen molar-refractivity contribution in [2.24, 2.45) is 0 Å². The van der Waals surface area contributed by atoms with Crippen LogP contribution in [0.3, 0.4) is 0 Å². The molecular weight excluding hydrogens is 255 g/mol. The Bertz CT molecular complexity index is 545. The number of nitrogens with one attached hydrogen (secondary N) is 1. The third kappa shape index (κ3) is 2.81. The predicted molar refractivity (Wildman–Crippen MR) is 69.2 cm³/mol. The molecule has 1 aliphatic heterocycles. The molecule has 1 atom stereocenters. The van der Waals surface area contributed by atoms with E-state index in [-0.39, 0.29) is 4.90 Å². The highest BCUT2D eigenvalue weighted by Crippen LogP contribution is 2.23. The van der Waals surface area contributed by atoms with Crippen molar-refractivity contribution in [1.29, 1.82) is 0 Å². The summed E-state index contributed by atoms with van der Waals surface area (Å²) in [6.07, 6.45) is 1.08. The van der Waals surface area contributed by atoms with Gasteiger partial charge in [0.15, 0.2) is 9.84 Å². The van der Waals surface area contributed by atoms with Crippen molar-refractivity contribution in [3.05, 3.63) is 24.0 Å². The first-order valence-corrected chi connectivity index (χ1v) is 7.75. The second-order valence-corrected chi connectivity index (χ2v) is 6.70. The number of halogens is 1. The quantitative estimate of drug-likeness (QED) is 0.873. The smallest absolute Gasteiger partial charge is 0.175 e. The highest BCUT2D eigenvalue weighted by molar-refractivity contribution is 7.90. The van der Waals surface area contributed by atoms with E-state index in [1.807, 2.05) is 11.8 Å². The van der Waals surface area contributed by atoms with Crippen LogP contribution in [-0.4, -0.2) is 40.3 Å². The minimum absolute atomic E-state index is 0.0203. The number of sulfone groups is 1. The Morgan fingerprint density at radius 1 is 1.44 bits per heavy atom. The number of nitrogens with zero attached hydrogens (tertiary/aromatic N) is 1. The summed E-state index contributed by atoms with van der Waals surface area (Å²) in [5, 5.41) is 3.28. The molecule has 0 aromatic heterocycles. The molecule has 2 rings (SSSR count). The van der Waals surface area contributed by atoms with Crippen molar-refractivity contribution in [1.82, 2.24) is 5.32 Å². The van der Waals surface area contributed by atoms with Gasteiger partial charge in [0.25, 0.3) is 0 Å². The van der Waals surface area contributed by atoms with E-state index in [1.54, 1.807) is 6.07 Å². The molecule has 1 aromatic carbocycles. The molecule has 0 spiro atoms. The summed E-state index contributed by atoms with van der Waals surface area (Å²) in [4.78, 5) is 1.95. The van der Waals surface area contributed by atoms with Crippen LogP contribution in [0.4, 0.5) is 10.1 Å². The average molecular weight is 272 g/mol. The van der Waals surface area contributed by atoms with Crippen LogP contribution in [0, 0.1) is 5.82 Å². The third-order valence-corrected chi connectivity index (χ3v) is 4.17. The molecule has 1 heterocycles. The van der Waals surface area contributed by atoms with Crippen LogP contribution in [-0.2, 0) is 9.84 Å². The molecule has 1 saturated heterocycles. The van der Waals surface area contributed by atoms with Crippen molar-refractivity contribution in [3.8, 4) is 0 Å². The van der Waals surface area contributed by atoms with E-state index in [0.29, 0.717) is 11.7 Å². The standard InChI is InChI=1S/C12H17FN2O2S/c1-9-8-15(6-5-14-9)12-4-3-10(7-11(12)13)18(2,16)17/h3-4,7,9,14H,5-6,8H2,1-2H3/t9-/m0/s1. The number of hydrogen-bond donors (Lipinski definition) is 1. The Labute approximate surface area is 107 Å². The molecule has 1 aromatic rings. The van der Waals surface area contributed by atoms with Crippen molar-refractivity contribution < 1.29 is 12.8 Å². The van der Waals surface area contributed by atoms with E-state index in [0.717, 1.165) is 32.0 Å². The largest absolute Gasteiger partial charge is 0.366 e. The second-order valence-electron chi connectivity index (χ2n) is 4.69. The SMILES string of the molecule is C[C@H]1CN(c2ccc(S(C)(=O)=O)cc2F)CCN1. The van der Waals surface area contributed by atoms with Crippen molar-refractivity contribution in [2.45, 2.75) is 17.9 Å². The van der Waals surface area contributed by atoms with E-state index in [1.165, 1.54) is 6.07 Å². The third-order valence-electron chi connectivity index (χ3n) is 3.06. The van der Waals surface area contributed by atoms with E-state index >= 15 is 0 Å². The van der Waals surface area contributed by atoms with Gasteiger partial charge in [-0.25, -0.2) is 12.8 Å². The Hall–Kier alpha value is -1.14. The first-order valence-electron chi connectivity index (χ1n) is 5.86. The van der Waals surface area contributed by atoms with Gasteiger partial charge in [0.1, 0.15) is 5.82 Å². The summed E-state index contributed by atoms with van der Waals surface area (Å²) in [5.41, 5.74) is 0.468. The van der Waals surface area contributed by atoms with E-state index in [4.69, 9.17) is 0 Å². The molecule has 0 bridgehead atoms. The van der Waals surface area contributed by atoms with Crippen molar-refractivity contribution in [2.75, 3.05) is 30.8 Å². The molecule has 0 radical (unpaired) electrons. The molecule has 18 heavy (non-hydrogen) atoms. The lowest BCUT2D eigenvalue weighted by atomic mass is 10.2. The van der Waals surface area contributed by atoms with Gasteiger partial charge in [-0.3, -0.25) is 0 Å². The summed E-state index contributed by atoms with van der Waals surface area (Å²) in [6, 6.07) is 4.40. The second kappa shape index (κ2) is 4.85. The van der Waals surface area contributed by atoms with E-state index in [9.17, 15) is 12.8 Å². The minimum Gasteiger partial charge on any atom is -0.366 e. The van der Waals surface area contributed by atoms with Gasteiger partial charge in [0.05, 0.1) is 10.6 Å². The Morgan fingerprint density at radius 2 is 2.17 bits per heavy atom. The fourth-order valence-electron chi connectivity index (χ4n) is 2.13. The maximum absolute atomic E-state index is 14.0. The first-order chi connectivity index (χ1) is 8.38. The zero-order chi connectivity index (χ0) is 13.3. The molecule has 4 nitrogen and oxygen atoms in total. The monoisotopic (exact) mass is 272 g/mol. The van der Waals surface area contributed by atoms with Gasteiger partial charge in [-0.15, -0.1) is 0 Å². The number of piperazine rings is 1. The predicted octanol–water partition coefficient (Wildman–Crippen LogP) is 1.03. The molecule has 1 aliphatic rings. The lowest BCUT2D eigenvalue weighted by Gasteiger charge is -2.33. The van der Waals surface area contributed by atoms with Crippen LogP contribution in [0.25, 0.3) is 0 Å². The molecule has 1 N–H and O–H groups in total. The molecular formula is C12H17FN2O2S. The molecule has 0 unspecified atom stereocenters.